The molecule has 0 saturated carbocycles. The molecule has 0 atom stereocenters. The number of aryl methyl sites for hydroxylation is 3. The van der Waals surface area contributed by atoms with E-state index in [0.717, 1.165) is 12.8 Å². The van der Waals surface area contributed by atoms with Crippen molar-refractivity contribution < 1.29 is 0 Å². The number of rotatable bonds is 4. The standard InChI is InChI=1S/C25H34/c1-9-19-14-20(16-23(15-19)25(6,7)8)11-12-21-17-22(24(3,4)5)13-10-18(21)2/h9-10,13-17H,1,11-12H2,2-8H3. The van der Waals surface area contributed by atoms with Gasteiger partial charge in [-0.25, -0.2) is 0 Å². The minimum absolute atomic E-state index is 0.163. The van der Waals surface area contributed by atoms with Gasteiger partial charge < -0.3 is 0 Å². The fourth-order valence-electron chi connectivity index (χ4n) is 3.10. The highest BCUT2D eigenvalue weighted by atomic mass is 14.2. The normalized spacial score (nSPS) is 12.3. The van der Waals surface area contributed by atoms with E-state index in [1.54, 1.807) is 0 Å². The Morgan fingerprint density at radius 1 is 0.800 bits per heavy atom. The molecule has 0 aromatic heterocycles. The molecular weight excluding hydrogens is 300 g/mol. The summed E-state index contributed by atoms with van der Waals surface area (Å²) in [7, 11) is 0. The van der Waals surface area contributed by atoms with E-state index in [2.05, 4.69) is 91.4 Å². The second-order valence-corrected chi connectivity index (χ2v) is 9.31. The van der Waals surface area contributed by atoms with Crippen LogP contribution in [0.2, 0.25) is 0 Å². The fourth-order valence-corrected chi connectivity index (χ4v) is 3.10. The highest BCUT2D eigenvalue weighted by Gasteiger charge is 2.16. The minimum Gasteiger partial charge on any atom is -0.0985 e. The van der Waals surface area contributed by atoms with Crippen molar-refractivity contribution in [2.24, 2.45) is 0 Å². The maximum absolute atomic E-state index is 3.97. The summed E-state index contributed by atoms with van der Waals surface area (Å²) in [6, 6.07) is 13.9. The van der Waals surface area contributed by atoms with Crippen molar-refractivity contribution in [2.45, 2.75) is 72.1 Å². The summed E-state index contributed by atoms with van der Waals surface area (Å²) in [6.45, 7) is 19.9. The Kier molecular flexibility index (Phi) is 5.62. The maximum Gasteiger partial charge on any atom is -0.0132 e. The third kappa shape index (κ3) is 5.08. The van der Waals surface area contributed by atoms with Crippen LogP contribution in [0.3, 0.4) is 0 Å². The second kappa shape index (κ2) is 7.20. The van der Waals surface area contributed by atoms with Gasteiger partial charge in [0.15, 0.2) is 0 Å². The van der Waals surface area contributed by atoms with E-state index in [1.165, 1.54) is 33.4 Å². The molecule has 0 fully saturated rings. The largest absolute Gasteiger partial charge is 0.0985 e. The first-order valence-corrected chi connectivity index (χ1v) is 9.37. The van der Waals surface area contributed by atoms with Crippen LogP contribution < -0.4 is 0 Å². The van der Waals surface area contributed by atoms with E-state index in [1.807, 2.05) is 6.08 Å². The van der Waals surface area contributed by atoms with Gasteiger partial charge in [0.25, 0.3) is 0 Å². The van der Waals surface area contributed by atoms with Crippen LogP contribution in [0, 0.1) is 6.92 Å². The quantitative estimate of drug-likeness (QED) is 0.563. The van der Waals surface area contributed by atoms with Gasteiger partial charge in [-0.1, -0.05) is 90.6 Å². The summed E-state index contributed by atoms with van der Waals surface area (Å²) in [4.78, 5) is 0. The van der Waals surface area contributed by atoms with E-state index < -0.39 is 0 Å². The lowest BCUT2D eigenvalue weighted by Crippen LogP contribution is -2.12. The molecule has 0 N–H and O–H groups in total. The van der Waals surface area contributed by atoms with Gasteiger partial charge >= 0.3 is 0 Å². The predicted molar refractivity (Wildman–Crippen MR) is 113 cm³/mol. The van der Waals surface area contributed by atoms with E-state index in [9.17, 15) is 0 Å². The Hall–Kier alpha value is -1.82. The smallest absolute Gasteiger partial charge is 0.0132 e. The lowest BCUT2D eigenvalue weighted by Gasteiger charge is -2.22. The highest BCUT2D eigenvalue weighted by Crippen LogP contribution is 2.27. The average Bonchev–Trinajstić information content (AvgIpc) is 2.51. The van der Waals surface area contributed by atoms with E-state index in [0.29, 0.717) is 0 Å². The van der Waals surface area contributed by atoms with Crippen molar-refractivity contribution in [3.63, 3.8) is 0 Å². The summed E-state index contributed by atoms with van der Waals surface area (Å²) in [5.41, 5.74) is 8.66. The first-order chi connectivity index (χ1) is 11.5. The van der Waals surface area contributed by atoms with Crippen LogP contribution in [0.5, 0.6) is 0 Å². The van der Waals surface area contributed by atoms with Gasteiger partial charge in [-0.15, -0.1) is 0 Å². The van der Waals surface area contributed by atoms with Crippen molar-refractivity contribution >= 4 is 6.08 Å². The van der Waals surface area contributed by atoms with Crippen LogP contribution in [0.25, 0.3) is 6.08 Å². The third-order valence-corrected chi connectivity index (χ3v) is 5.02. The lowest BCUT2D eigenvalue weighted by molar-refractivity contribution is 0.588. The first kappa shape index (κ1) is 19.5. The number of hydrogen-bond donors (Lipinski definition) is 0. The Morgan fingerprint density at radius 3 is 2.00 bits per heavy atom. The molecule has 0 aliphatic carbocycles. The topological polar surface area (TPSA) is 0 Å². The van der Waals surface area contributed by atoms with E-state index in [4.69, 9.17) is 0 Å². The Bertz CT molecular complexity index is 749. The van der Waals surface area contributed by atoms with Gasteiger partial charge in [-0.05, 0) is 64.0 Å². The zero-order valence-electron chi connectivity index (χ0n) is 17.2. The van der Waals surface area contributed by atoms with Gasteiger partial charge in [0.05, 0.1) is 0 Å². The molecule has 0 radical (unpaired) electrons. The molecule has 0 amide bonds. The van der Waals surface area contributed by atoms with Crippen molar-refractivity contribution in [1.29, 1.82) is 0 Å². The van der Waals surface area contributed by atoms with Gasteiger partial charge in [-0.3, -0.25) is 0 Å². The summed E-state index contributed by atoms with van der Waals surface area (Å²) in [5.74, 6) is 0. The van der Waals surface area contributed by atoms with Crippen LogP contribution in [0.15, 0.2) is 43.0 Å². The summed E-state index contributed by atoms with van der Waals surface area (Å²) >= 11 is 0. The van der Waals surface area contributed by atoms with Crippen molar-refractivity contribution in [3.8, 4) is 0 Å². The Balaban J connectivity index is 2.28. The number of benzene rings is 2. The molecule has 2 aromatic rings. The summed E-state index contributed by atoms with van der Waals surface area (Å²) in [6.07, 6.45) is 4.11. The molecule has 0 spiro atoms. The zero-order chi connectivity index (χ0) is 18.8. The SMILES string of the molecule is C=Cc1cc(CCc2cc(C(C)(C)C)ccc2C)cc(C(C)(C)C)c1. The second-order valence-electron chi connectivity index (χ2n) is 9.31. The molecule has 2 rings (SSSR count). The van der Waals surface area contributed by atoms with Gasteiger partial charge in [0.1, 0.15) is 0 Å². The van der Waals surface area contributed by atoms with Gasteiger partial charge in [-0.2, -0.15) is 0 Å². The van der Waals surface area contributed by atoms with Crippen molar-refractivity contribution in [3.05, 3.63) is 76.4 Å². The van der Waals surface area contributed by atoms with Crippen LogP contribution in [0.1, 0.15) is 74.9 Å². The predicted octanol–water partition coefficient (Wildman–Crippen LogP) is 7.02. The van der Waals surface area contributed by atoms with Gasteiger partial charge in [0, 0.05) is 0 Å². The van der Waals surface area contributed by atoms with E-state index in [-0.39, 0.29) is 10.8 Å². The third-order valence-electron chi connectivity index (χ3n) is 5.02. The number of hydrogen-bond acceptors (Lipinski definition) is 0. The molecule has 0 unspecified atom stereocenters. The molecule has 0 nitrogen and oxygen atoms in total. The molecule has 0 aliphatic heterocycles. The molecule has 0 saturated heterocycles. The summed E-state index contributed by atoms with van der Waals surface area (Å²) < 4.78 is 0. The summed E-state index contributed by atoms with van der Waals surface area (Å²) in [5, 5.41) is 0. The molecule has 134 valence electrons. The fraction of sp³-hybridized carbons (Fsp3) is 0.440. The first-order valence-electron chi connectivity index (χ1n) is 9.37. The van der Waals surface area contributed by atoms with E-state index >= 15 is 0 Å². The Labute approximate surface area is 155 Å². The monoisotopic (exact) mass is 334 g/mol. The molecule has 2 aromatic carbocycles. The minimum atomic E-state index is 0.163. The van der Waals surface area contributed by atoms with Gasteiger partial charge in [0.2, 0.25) is 0 Å². The maximum atomic E-state index is 3.97. The van der Waals surface area contributed by atoms with Crippen LogP contribution >= 0.6 is 0 Å². The Morgan fingerprint density at radius 2 is 1.44 bits per heavy atom. The lowest BCUT2D eigenvalue weighted by atomic mass is 9.83. The molecular formula is C25H34. The molecule has 0 heterocycles. The zero-order valence-corrected chi connectivity index (χ0v) is 17.2. The van der Waals surface area contributed by atoms with Crippen LogP contribution in [-0.4, -0.2) is 0 Å². The van der Waals surface area contributed by atoms with Crippen molar-refractivity contribution in [2.75, 3.05) is 0 Å². The van der Waals surface area contributed by atoms with Crippen LogP contribution in [-0.2, 0) is 23.7 Å². The molecule has 0 aliphatic rings. The highest BCUT2D eigenvalue weighted by molar-refractivity contribution is 5.51. The molecule has 25 heavy (non-hydrogen) atoms. The molecule has 0 heteroatoms. The average molecular weight is 335 g/mol. The van der Waals surface area contributed by atoms with Crippen molar-refractivity contribution in [1.82, 2.24) is 0 Å². The molecule has 0 bridgehead atoms. The van der Waals surface area contributed by atoms with Crippen LogP contribution in [0.4, 0.5) is 0 Å².